The summed E-state index contributed by atoms with van der Waals surface area (Å²) in [5.74, 6) is 0. The van der Waals surface area contributed by atoms with E-state index in [9.17, 15) is 0 Å². The Morgan fingerprint density at radius 2 is 1.25 bits per heavy atom. The van der Waals surface area contributed by atoms with Crippen molar-refractivity contribution in [3.63, 3.8) is 0 Å². The Balaban J connectivity index is -0.00000000533. The first-order valence-corrected chi connectivity index (χ1v) is 2.10. The van der Waals surface area contributed by atoms with Crippen LogP contribution in [0.1, 0.15) is 4.28 Å². The van der Waals surface area contributed by atoms with Crippen LogP contribution < -0.4 is 29.6 Å². The van der Waals surface area contributed by atoms with Crippen molar-refractivity contribution in [1.82, 2.24) is 0 Å². The molecular weight excluding hydrogens is 325 g/mol. The van der Waals surface area contributed by atoms with Crippen LogP contribution in [-0.2, 0) is 10.4 Å². The average molecular weight is 332 g/mol. The Bertz CT molecular complexity index is 109. The van der Waals surface area contributed by atoms with E-state index in [2.05, 4.69) is 0 Å². The van der Waals surface area contributed by atoms with Gasteiger partial charge in [-0.15, -0.1) is 0 Å². The van der Waals surface area contributed by atoms with Gasteiger partial charge in [0.05, 0.1) is 0 Å². The molecule has 2 N–H and O–H groups in total. The molecule has 0 unspecified atom stereocenters. The van der Waals surface area contributed by atoms with Crippen molar-refractivity contribution in [3.05, 3.63) is 0 Å². The van der Waals surface area contributed by atoms with Crippen LogP contribution in [0.2, 0.25) is 0 Å². The number of hydrogen-bond donors (Lipinski definition) is 2. The molecule has 0 amide bonds. The first-order chi connectivity index (χ1) is 2.00. The molecule has 0 aliphatic rings. The molecular formula is H7NaO4SSnSr. The molecule has 0 aliphatic heterocycles. The van der Waals surface area contributed by atoms with Crippen LogP contribution in [0, 0.1) is 0 Å². The molecule has 0 saturated carbocycles. The van der Waals surface area contributed by atoms with Crippen LogP contribution in [0.4, 0.5) is 0 Å². The van der Waals surface area contributed by atoms with Gasteiger partial charge in [0.25, 0.3) is 0 Å². The molecule has 44 valence electrons. The van der Waals surface area contributed by atoms with Gasteiger partial charge < -0.3 is 4.28 Å². The Morgan fingerprint density at radius 1 is 1.25 bits per heavy atom. The van der Waals surface area contributed by atoms with Gasteiger partial charge in [-0.2, -0.15) is 8.42 Å². The molecule has 0 aromatic rings. The van der Waals surface area contributed by atoms with E-state index in [4.69, 9.17) is 17.5 Å². The Kier molecular flexibility index (Phi) is 28.5. The van der Waals surface area contributed by atoms with Gasteiger partial charge in [0, 0.05) is 0 Å². The van der Waals surface area contributed by atoms with Crippen LogP contribution in [0.3, 0.4) is 0 Å². The minimum absolute atomic E-state index is 0. The summed E-state index contributed by atoms with van der Waals surface area (Å²) in [4.78, 5) is 0. The maximum absolute atomic E-state index is 8.74. The molecule has 4 nitrogen and oxygen atoms in total. The van der Waals surface area contributed by atoms with E-state index in [1.165, 1.54) is 0 Å². The van der Waals surface area contributed by atoms with Gasteiger partial charge in [-0.05, 0) is 0 Å². The SMILES string of the molecule is O=S(=O)(O)O.[H-].[H-].[H-].[Na+].[SnH2].[Sr+2]. The van der Waals surface area contributed by atoms with Gasteiger partial charge in [0.2, 0.25) is 0 Å². The number of hydrogen-bond acceptors (Lipinski definition) is 2. The Labute approximate surface area is 128 Å². The van der Waals surface area contributed by atoms with Gasteiger partial charge >= 0.3 is 109 Å². The Hall–Kier alpha value is 3.15. The molecule has 0 heterocycles. The van der Waals surface area contributed by atoms with Crippen molar-refractivity contribution < 1.29 is 51.4 Å². The third-order valence-corrected chi connectivity index (χ3v) is 0. The summed E-state index contributed by atoms with van der Waals surface area (Å²) < 4.78 is 31.6. The fourth-order valence-electron chi connectivity index (χ4n) is 0. The average Bonchev–Trinajstić information content (AvgIpc) is 0.722. The molecule has 0 rings (SSSR count). The molecule has 0 aliphatic carbocycles. The maximum atomic E-state index is 8.74. The normalized spacial score (nSPS) is 7.25. The van der Waals surface area contributed by atoms with E-state index in [0.29, 0.717) is 0 Å². The van der Waals surface area contributed by atoms with E-state index in [1.807, 2.05) is 0 Å². The zero-order chi connectivity index (χ0) is 4.50. The first-order valence-electron chi connectivity index (χ1n) is 0.698. The van der Waals surface area contributed by atoms with E-state index in [1.54, 1.807) is 0 Å². The predicted octanol–water partition coefficient (Wildman–Crippen LogP) is -4.61. The maximum Gasteiger partial charge on any atom is 2.00 e. The second-order valence-corrected chi connectivity index (χ2v) is 1.34. The smallest absolute Gasteiger partial charge is 2.00 e. The van der Waals surface area contributed by atoms with Crippen molar-refractivity contribution in [3.8, 4) is 0 Å². The largest absolute Gasteiger partial charge is 2.00 e. The van der Waals surface area contributed by atoms with Gasteiger partial charge in [-0.3, -0.25) is 9.11 Å². The van der Waals surface area contributed by atoms with Crippen LogP contribution in [-0.4, -0.2) is 86.9 Å². The predicted molar refractivity (Wildman–Crippen MR) is 31.8 cm³/mol. The van der Waals surface area contributed by atoms with Gasteiger partial charge in [-0.25, -0.2) is 0 Å². The first kappa shape index (κ1) is 22.5. The van der Waals surface area contributed by atoms with Crippen molar-refractivity contribution in [2.24, 2.45) is 0 Å². The molecule has 0 atom stereocenters. The third kappa shape index (κ3) is 61.3. The minimum atomic E-state index is -4.67. The summed E-state index contributed by atoms with van der Waals surface area (Å²) in [6.45, 7) is 0. The minimum Gasteiger partial charge on any atom is 2.00 e. The quantitative estimate of drug-likeness (QED) is 0.346. The second-order valence-electron chi connectivity index (χ2n) is 0.448. The summed E-state index contributed by atoms with van der Waals surface area (Å²) in [6.07, 6.45) is 0. The molecule has 0 bridgehead atoms. The zero-order valence-corrected chi connectivity index (χ0v) is 14.9. The molecule has 2 radical (unpaired) electrons. The molecule has 8 heteroatoms. The van der Waals surface area contributed by atoms with Gasteiger partial charge in [0.1, 0.15) is 0 Å². The summed E-state index contributed by atoms with van der Waals surface area (Å²) in [6, 6.07) is 0. The van der Waals surface area contributed by atoms with Crippen molar-refractivity contribution in [2.75, 3.05) is 0 Å². The van der Waals surface area contributed by atoms with Crippen LogP contribution in [0.25, 0.3) is 0 Å². The standard InChI is InChI=1S/Na.H2O4S.Sn.Sr.5H/c;1-5(2,3)4;;;;;;;/h;(H2,1,2,3,4);;;;;;;/q+1;;;+2;;;3*-1. The fourth-order valence-corrected chi connectivity index (χ4v) is 0. The molecule has 0 fully saturated rings. The van der Waals surface area contributed by atoms with E-state index in [-0.39, 0.29) is 103 Å². The fraction of sp³-hybridized carbons (Fsp3) is 0. The zero-order valence-electron chi connectivity index (χ0n) is 7.53. The summed E-state index contributed by atoms with van der Waals surface area (Å²) in [7, 11) is -4.67. The van der Waals surface area contributed by atoms with Crippen molar-refractivity contribution in [2.45, 2.75) is 0 Å². The van der Waals surface area contributed by atoms with Gasteiger partial charge in [0.15, 0.2) is 0 Å². The number of rotatable bonds is 0. The van der Waals surface area contributed by atoms with E-state index >= 15 is 0 Å². The molecule has 0 spiro atoms. The van der Waals surface area contributed by atoms with Crippen LogP contribution in [0.5, 0.6) is 0 Å². The van der Waals surface area contributed by atoms with Crippen LogP contribution in [0.15, 0.2) is 0 Å². The summed E-state index contributed by atoms with van der Waals surface area (Å²) in [5.41, 5.74) is 0. The van der Waals surface area contributed by atoms with Crippen molar-refractivity contribution >= 4 is 79.8 Å². The summed E-state index contributed by atoms with van der Waals surface area (Å²) in [5, 5.41) is 0. The molecule has 0 aromatic heterocycles. The molecule has 0 saturated heterocycles. The molecule has 8 heavy (non-hydrogen) atoms. The van der Waals surface area contributed by atoms with E-state index < -0.39 is 10.4 Å². The van der Waals surface area contributed by atoms with E-state index in [0.717, 1.165) is 0 Å². The van der Waals surface area contributed by atoms with Gasteiger partial charge in [-0.1, -0.05) is 0 Å². The molecule has 0 aromatic carbocycles. The van der Waals surface area contributed by atoms with Crippen molar-refractivity contribution in [1.29, 1.82) is 0 Å². The topological polar surface area (TPSA) is 74.6 Å². The monoisotopic (exact) mass is 334 g/mol. The van der Waals surface area contributed by atoms with Crippen LogP contribution >= 0.6 is 0 Å². The second kappa shape index (κ2) is 10.1. The Morgan fingerprint density at radius 3 is 1.25 bits per heavy atom. The summed E-state index contributed by atoms with van der Waals surface area (Å²) >= 11 is 0. The third-order valence-electron chi connectivity index (χ3n) is 0.